The molecular formula is C20H35N. The molecule has 1 aromatic rings. The predicted octanol–water partition coefficient (Wildman–Crippen LogP) is 6.21. The van der Waals surface area contributed by atoms with Crippen LogP contribution in [0.2, 0.25) is 0 Å². The summed E-state index contributed by atoms with van der Waals surface area (Å²) >= 11 is 0. The Morgan fingerprint density at radius 2 is 1.29 bits per heavy atom. The molecule has 1 rings (SSSR count). The van der Waals surface area contributed by atoms with Crippen molar-refractivity contribution in [2.24, 2.45) is 0 Å². The second-order valence-corrected chi connectivity index (χ2v) is 6.51. The molecule has 1 atom stereocenters. The lowest BCUT2D eigenvalue weighted by Gasteiger charge is -2.24. The largest absolute Gasteiger partial charge is 0.302 e. The number of nitrogens with zero attached hydrogens (tertiary/aromatic N) is 1. The first-order chi connectivity index (χ1) is 10.3. The van der Waals surface area contributed by atoms with E-state index in [1.807, 2.05) is 0 Å². The summed E-state index contributed by atoms with van der Waals surface area (Å²) in [6, 6.07) is 11.5. The number of unbranched alkanes of at least 4 members (excludes halogenated alkanes) is 8. The van der Waals surface area contributed by atoms with Crippen molar-refractivity contribution in [1.29, 1.82) is 0 Å². The fourth-order valence-corrected chi connectivity index (χ4v) is 3.05. The quantitative estimate of drug-likeness (QED) is 0.413. The molecule has 0 aliphatic carbocycles. The molecule has 0 aliphatic rings. The summed E-state index contributed by atoms with van der Waals surface area (Å²) in [4.78, 5) is 2.36. The Morgan fingerprint density at radius 1 is 0.762 bits per heavy atom. The number of benzene rings is 1. The van der Waals surface area contributed by atoms with Crippen molar-refractivity contribution in [2.75, 3.05) is 14.1 Å². The van der Waals surface area contributed by atoms with Crippen LogP contribution < -0.4 is 0 Å². The van der Waals surface area contributed by atoms with Crippen LogP contribution in [0.15, 0.2) is 30.3 Å². The van der Waals surface area contributed by atoms with Gasteiger partial charge >= 0.3 is 0 Å². The number of hydrogen-bond acceptors (Lipinski definition) is 1. The molecule has 1 nitrogen and oxygen atoms in total. The third-order valence-corrected chi connectivity index (χ3v) is 4.39. The predicted molar refractivity (Wildman–Crippen MR) is 94.7 cm³/mol. The van der Waals surface area contributed by atoms with E-state index >= 15 is 0 Å². The van der Waals surface area contributed by atoms with E-state index in [4.69, 9.17) is 0 Å². The number of rotatable bonds is 12. The van der Waals surface area contributed by atoms with E-state index in [0.29, 0.717) is 6.04 Å². The van der Waals surface area contributed by atoms with Gasteiger partial charge in [-0.25, -0.2) is 0 Å². The molecule has 0 saturated heterocycles. The van der Waals surface area contributed by atoms with Gasteiger partial charge in [0.15, 0.2) is 0 Å². The van der Waals surface area contributed by atoms with Crippen LogP contribution in [0.4, 0.5) is 0 Å². The highest BCUT2D eigenvalue weighted by Gasteiger charge is 2.12. The molecule has 0 radical (unpaired) electrons. The Bertz CT molecular complexity index is 331. The van der Waals surface area contributed by atoms with Crippen molar-refractivity contribution in [2.45, 2.75) is 77.2 Å². The molecule has 0 amide bonds. The van der Waals surface area contributed by atoms with Crippen LogP contribution in [0, 0.1) is 0 Å². The molecule has 1 heteroatoms. The van der Waals surface area contributed by atoms with E-state index in [1.165, 1.54) is 69.8 Å². The van der Waals surface area contributed by atoms with Crippen LogP contribution in [-0.4, -0.2) is 19.0 Å². The smallest absolute Gasteiger partial charge is 0.0342 e. The van der Waals surface area contributed by atoms with Gasteiger partial charge in [0.05, 0.1) is 0 Å². The summed E-state index contributed by atoms with van der Waals surface area (Å²) < 4.78 is 0. The average molecular weight is 290 g/mol. The molecule has 0 fully saturated rings. The highest BCUT2D eigenvalue weighted by atomic mass is 15.1. The maximum absolute atomic E-state index is 2.36. The average Bonchev–Trinajstić information content (AvgIpc) is 2.50. The van der Waals surface area contributed by atoms with Crippen molar-refractivity contribution in [1.82, 2.24) is 4.90 Å². The van der Waals surface area contributed by atoms with Gasteiger partial charge in [-0.2, -0.15) is 0 Å². The van der Waals surface area contributed by atoms with Gasteiger partial charge < -0.3 is 4.90 Å². The minimum Gasteiger partial charge on any atom is -0.302 e. The zero-order chi connectivity index (χ0) is 15.3. The molecule has 0 heterocycles. The normalized spacial score (nSPS) is 12.8. The van der Waals surface area contributed by atoms with Gasteiger partial charge in [0, 0.05) is 6.04 Å². The Hall–Kier alpha value is -0.820. The summed E-state index contributed by atoms with van der Waals surface area (Å²) in [5.74, 6) is 0. The summed E-state index contributed by atoms with van der Waals surface area (Å²) in [6.07, 6.45) is 14.0. The SMILES string of the molecule is CCCCCCCCCCCC(c1ccccc1)N(C)C. The number of hydrogen-bond donors (Lipinski definition) is 0. The zero-order valence-corrected chi connectivity index (χ0v) is 14.5. The lowest BCUT2D eigenvalue weighted by Crippen LogP contribution is -2.19. The standard InChI is InChI=1S/C20H35N/c1-4-5-6-7-8-9-10-11-15-18-20(21(2)3)19-16-13-12-14-17-19/h12-14,16-17,20H,4-11,15,18H2,1-3H3. The molecule has 0 saturated carbocycles. The van der Waals surface area contributed by atoms with Crippen molar-refractivity contribution < 1.29 is 0 Å². The van der Waals surface area contributed by atoms with Crippen molar-refractivity contribution in [3.8, 4) is 0 Å². The molecule has 1 aromatic carbocycles. The van der Waals surface area contributed by atoms with E-state index in [0.717, 1.165) is 0 Å². The topological polar surface area (TPSA) is 3.24 Å². The summed E-state index contributed by atoms with van der Waals surface area (Å²) in [5.41, 5.74) is 1.46. The minimum atomic E-state index is 0.579. The van der Waals surface area contributed by atoms with Gasteiger partial charge in [-0.15, -0.1) is 0 Å². The third-order valence-electron chi connectivity index (χ3n) is 4.39. The first-order valence-electron chi connectivity index (χ1n) is 8.97. The van der Waals surface area contributed by atoms with Gasteiger partial charge in [0.2, 0.25) is 0 Å². The minimum absolute atomic E-state index is 0.579. The molecule has 0 aliphatic heterocycles. The summed E-state index contributed by atoms with van der Waals surface area (Å²) in [5, 5.41) is 0. The Labute approximate surface area is 132 Å². The molecule has 120 valence electrons. The van der Waals surface area contributed by atoms with Crippen molar-refractivity contribution in [3.63, 3.8) is 0 Å². The van der Waals surface area contributed by atoms with Crippen molar-refractivity contribution >= 4 is 0 Å². The lowest BCUT2D eigenvalue weighted by atomic mass is 9.98. The lowest BCUT2D eigenvalue weighted by molar-refractivity contribution is 0.276. The molecule has 1 unspecified atom stereocenters. The van der Waals surface area contributed by atoms with Crippen LogP contribution in [0.25, 0.3) is 0 Å². The van der Waals surface area contributed by atoms with Gasteiger partial charge in [0.25, 0.3) is 0 Å². The van der Waals surface area contributed by atoms with E-state index in [9.17, 15) is 0 Å². The molecule has 0 spiro atoms. The molecule has 21 heavy (non-hydrogen) atoms. The molecular weight excluding hydrogens is 254 g/mol. The van der Waals surface area contributed by atoms with E-state index in [-0.39, 0.29) is 0 Å². The van der Waals surface area contributed by atoms with E-state index < -0.39 is 0 Å². The van der Waals surface area contributed by atoms with Crippen LogP contribution in [0.3, 0.4) is 0 Å². The van der Waals surface area contributed by atoms with Crippen molar-refractivity contribution in [3.05, 3.63) is 35.9 Å². The summed E-state index contributed by atoms with van der Waals surface area (Å²) in [7, 11) is 4.40. The monoisotopic (exact) mass is 289 g/mol. The maximum Gasteiger partial charge on any atom is 0.0342 e. The zero-order valence-electron chi connectivity index (χ0n) is 14.5. The Morgan fingerprint density at radius 3 is 1.81 bits per heavy atom. The van der Waals surface area contributed by atoms with Crippen LogP contribution in [0.1, 0.15) is 82.7 Å². The Kier molecular flexibility index (Phi) is 10.2. The molecule has 0 bridgehead atoms. The second kappa shape index (κ2) is 11.8. The second-order valence-electron chi connectivity index (χ2n) is 6.51. The fraction of sp³-hybridized carbons (Fsp3) is 0.700. The fourth-order valence-electron chi connectivity index (χ4n) is 3.05. The molecule has 0 aromatic heterocycles. The summed E-state index contributed by atoms with van der Waals surface area (Å²) in [6.45, 7) is 2.29. The molecule has 0 N–H and O–H groups in total. The first kappa shape index (κ1) is 18.2. The first-order valence-corrected chi connectivity index (χ1v) is 8.97. The highest BCUT2D eigenvalue weighted by Crippen LogP contribution is 2.24. The van der Waals surface area contributed by atoms with Crippen LogP contribution >= 0.6 is 0 Å². The van der Waals surface area contributed by atoms with E-state index in [2.05, 4.69) is 56.3 Å². The van der Waals surface area contributed by atoms with Gasteiger partial charge in [-0.3, -0.25) is 0 Å². The highest BCUT2D eigenvalue weighted by molar-refractivity contribution is 5.18. The van der Waals surface area contributed by atoms with E-state index in [1.54, 1.807) is 0 Å². The van der Waals surface area contributed by atoms with Gasteiger partial charge in [0.1, 0.15) is 0 Å². The van der Waals surface area contributed by atoms with Gasteiger partial charge in [-0.1, -0.05) is 95.0 Å². The van der Waals surface area contributed by atoms with Crippen LogP contribution in [0.5, 0.6) is 0 Å². The van der Waals surface area contributed by atoms with Gasteiger partial charge in [-0.05, 0) is 26.1 Å². The van der Waals surface area contributed by atoms with Crippen LogP contribution in [-0.2, 0) is 0 Å². The third kappa shape index (κ3) is 8.26. The Balaban J connectivity index is 2.12. The maximum atomic E-state index is 2.36.